The number of likely N-dealkylation sites (tertiary alicyclic amines) is 1. The Bertz CT molecular complexity index is 757. The van der Waals surface area contributed by atoms with Gasteiger partial charge in [0.15, 0.2) is 11.6 Å². The van der Waals surface area contributed by atoms with Crippen LogP contribution in [0.2, 0.25) is 0 Å². The van der Waals surface area contributed by atoms with Crippen LogP contribution in [-0.4, -0.2) is 37.5 Å². The van der Waals surface area contributed by atoms with Crippen LogP contribution in [0.1, 0.15) is 17.2 Å². The molecule has 2 aromatic carbocycles. The van der Waals surface area contributed by atoms with Crippen molar-refractivity contribution in [1.29, 1.82) is 0 Å². The molecule has 3 rings (SSSR count). The van der Waals surface area contributed by atoms with Crippen molar-refractivity contribution in [1.82, 2.24) is 10.2 Å². The molecule has 1 heterocycles. The van der Waals surface area contributed by atoms with Crippen molar-refractivity contribution in [3.63, 3.8) is 0 Å². The Kier molecular flexibility index (Phi) is 6.27. The van der Waals surface area contributed by atoms with Gasteiger partial charge in [-0.15, -0.1) is 11.8 Å². The summed E-state index contributed by atoms with van der Waals surface area (Å²) in [6.07, 6.45) is 0.976. The van der Waals surface area contributed by atoms with Crippen molar-refractivity contribution < 1.29 is 13.6 Å². The van der Waals surface area contributed by atoms with Crippen LogP contribution >= 0.6 is 11.8 Å². The van der Waals surface area contributed by atoms with Crippen molar-refractivity contribution in [3.8, 4) is 0 Å². The van der Waals surface area contributed by atoms with Crippen LogP contribution in [-0.2, 0) is 4.79 Å². The van der Waals surface area contributed by atoms with E-state index in [0.717, 1.165) is 43.8 Å². The standard InChI is InChI=1S/C20H22F2N2OS/c1-23-12-14-9-10-24(13-14)20(25)19(15-5-3-2-4-6-15)26-16-7-8-17(21)18(22)11-16/h2-8,11,14,19,23H,9-10,12-13H2,1H3. The molecule has 2 aromatic rings. The largest absolute Gasteiger partial charge is 0.341 e. The molecule has 6 heteroatoms. The highest BCUT2D eigenvalue weighted by Gasteiger charge is 2.32. The second-order valence-electron chi connectivity index (χ2n) is 6.48. The summed E-state index contributed by atoms with van der Waals surface area (Å²) in [7, 11) is 1.91. The summed E-state index contributed by atoms with van der Waals surface area (Å²) in [6, 6.07) is 13.2. The molecule has 2 atom stereocenters. The van der Waals surface area contributed by atoms with E-state index < -0.39 is 16.9 Å². The van der Waals surface area contributed by atoms with Crippen molar-refractivity contribution in [3.05, 3.63) is 65.7 Å². The number of hydrogen-bond donors (Lipinski definition) is 1. The van der Waals surface area contributed by atoms with E-state index in [1.807, 2.05) is 42.3 Å². The minimum absolute atomic E-state index is 0.0181. The highest BCUT2D eigenvalue weighted by molar-refractivity contribution is 8.00. The van der Waals surface area contributed by atoms with Crippen LogP contribution in [0.5, 0.6) is 0 Å². The molecule has 0 saturated carbocycles. The van der Waals surface area contributed by atoms with Crippen molar-refractivity contribution in [2.75, 3.05) is 26.7 Å². The molecule has 0 radical (unpaired) electrons. The van der Waals surface area contributed by atoms with Gasteiger partial charge in [0.2, 0.25) is 5.91 Å². The van der Waals surface area contributed by atoms with Crippen molar-refractivity contribution >= 4 is 17.7 Å². The quantitative estimate of drug-likeness (QED) is 0.777. The molecule has 1 aliphatic heterocycles. The lowest BCUT2D eigenvalue weighted by Gasteiger charge is -2.24. The predicted octanol–water partition coefficient (Wildman–Crippen LogP) is 3.87. The molecule has 1 fully saturated rings. The van der Waals surface area contributed by atoms with Gasteiger partial charge < -0.3 is 10.2 Å². The highest BCUT2D eigenvalue weighted by atomic mass is 32.2. The average Bonchev–Trinajstić information content (AvgIpc) is 3.12. The molecule has 0 bridgehead atoms. The number of halogens is 2. The monoisotopic (exact) mass is 376 g/mol. The summed E-state index contributed by atoms with van der Waals surface area (Å²) in [6.45, 7) is 2.34. The molecule has 138 valence electrons. The maximum atomic E-state index is 13.6. The lowest BCUT2D eigenvalue weighted by Crippen LogP contribution is -2.33. The number of carbonyl (C=O) groups excluding carboxylic acids is 1. The first kappa shape index (κ1) is 18.9. The molecule has 0 aromatic heterocycles. The van der Waals surface area contributed by atoms with Gasteiger partial charge in [-0.2, -0.15) is 0 Å². The molecule has 26 heavy (non-hydrogen) atoms. The molecule has 0 spiro atoms. The predicted molar refractivity (Wildman–Crippen MR) is 100 cm³/mol. The summed E-state index contributed by atoms with van der Waals surface area (Å²) in [4.78, 5) is 15.6. The normalized spacial score (nSPS) is 18.1. The molecule has 3 nitrogen and oxygen atoms in total. The van der Waals surface area contributed by atoms with Crippen LogP contribution in [0, 0.1) is 17.6 Å². The summed E-state index contributed by atoms with van der Waals surface area (Å²) in [5, 5.41) is 2.68. The smallest absolute Gasteiger partial charge is 0.240 e. The second kappa shape index (κ2) is 8.64. The zero-order chi connectivity index (χ0) is 18.5. The van der Waals surface area contributed by atoms with Gasteiger partial charge in [0.05, 0.1) is 0 Å². The third-order valence-corrected chi connectivity index (χ3v) is 5.80. The summed E-state index contributed by atoms with van der Waals surface area (Å²) in [5.41, 5.74) is 0.865. The van der Waals surface area contributed by atoms with E-state index in [2.05, 4.69) is 5.32 Å². The third kappa shape index (κ3) is 4.43. The molecular formula is C20H22F2N2OS. The minimum atomic E-state index is -0.899. The van der Waals surface area contributed by atoms with Crippen molar-refractivity contribution in [2.24, 2.45) is 5.92 Å². The number of thioether (sulfide) groups is 1. The molecule has 0 aliphatic carbocycles. The molecule has 1 N–H and O–H groups in total. The van der Waals surface area contributed by atoms with Gasteiger partial charge in [-0.1, -0.05) is 30.3 Å². The van der Waals surface area contributed by atoms with Gasteiger partial charge in [-0.05, 0) is 49.7 Å². The Hall–Kier alpha value is -1.92. The van der Waals surface area contributed by atoms with Gasteiger partial charge in [0, 0.05) is 18.0 Å². The Labute approximate surface area is 156 Å². The second-order valence-corrected chi connectivity index (χ2v) is 7.66. The van der Waals surface area contributed by atoms with Crippen molar-refractivity contribution in [2.45, 2.75) is 16.6 Å². The van der Waals surface area contributed by atoms with E-state index >= 15 is 0 Å². The van der Waals surface area contributed by atoms with E-state index in [1.54, 1.807) is 0 Å². The fourth-order valence-corrected chi connectivity index (χ4v) is 4.36. The molecule has 1 aliphatic rings. The SMILES string of the molecule is CNCC1CCN(C(=O)C(Sc2ccc(F)c(F)c2)c2ccccc2)C1. The Balaban J connectivity index is 1.82. The summed E-state index contributed by atoms with van der Waals surface area (Å²) < 4.78 is 26.8. The van der Waals surface area contributed by atoms with Crippen LogP contribution in [0.25, 0.3) is 0 Å². The van der Waals surface area contributed by atoms with Crippen LogP contribution < -0.4 is 5.32 Å². The maximum Gasteiger partial charge on any atom is 0.240 e. The van der Waals surface area contributed by atoms with Crippen LogP contribution in [0.3, 0.4) is 0 Å². The number of amides is 1. The molecule has 1 amide bonds. The zero-order valence-corrected chi connectivity index (χ0v) is 15.4. The number of nitrogens with zero attached hydrogens (tertiary/aromatic N) is 1. The number of hydrogen-bond acceptors (Lipinski definition) is 3. The number of carbonyl (C=O) groups is 1. The van der Waals surface area contributed by atoms with E-state index in [-0.39, 0.29) is 5.91 Å². The Morgan fingerprint density at radius 1 is 1.23 bits per heavy atom. The van der Waals surface area contributed by atoms with Gasteiger partial charge in [-0.25, -0.2) is 8.78 Å². The van der Waals surface area contributed by atoms with Crippen LogP contribution in [0.15, 0.2) is 53.4 Å². The lowest BCUT2D eigenvalue weighted by molar-refractivity contribution is -0.129. The average molecular weight is 376 g/mol. The number of benzene rings is 2. The lowest BCUT2D eigenvalue weighted by atomic mass is 10.1. The zero-order valence-electron chi connectivity index (χ0n) is 14.6. The molecule has 2 unspecified atom stereocenters. The van der Waals surface area contributed by atoms with Gasteiger partial charge in [0.25, 0.3) is 0 Å². The topological polar surface area (TPSA) is 32.3 Å². The summed E-state index contributed by atoms with van der Waals surface area (Å²) in [5.74, 6) is -1.31. The maximum absolute atomic E-state index is 13.6. The number of nitrogens with one attached hydrogen (secondary N) is 1. The first-order valence-corrected chi connectivity index (χ1v) is 9.56. The molecular weight excluding hydrogens is 354 g/mol. The fraction of sp³-hybridized carbons (Fsp3) is 0.350. The van der Waals surface area contributed by atoms with Gasteiger partial charge in [0.1, 0.15) is 5.25 Å². The third-order valence-electron chi connectivity index (χ3n) is 4.56. The highest BCUT2D eigenvalue weighted by Crippen LogP contribution is 2.38. The Morgan fingerprint density at radius 3 is 2.69 bits per heavy atom. The first-order chi connectivity index (χ1) is 12.6. The Morgan fingerprint density at radius 2 is 2.00 bits per heavy atom. The minimum Gasteiger partial charge on any atom is -0.341 e. The summed E-state index contributed by atoms with van der Waals surface area (Å²) >= 11 is 1.26. The first-order valence-electron chi connectivity index (χ1n) is 8.68. The van der Waals surface area contributed by atoms with Crippen LogP contribution in [0.4, 0.5) is 8.78 Å². The molecule has 1 saturated heterocycles. The van der Waals surface area contributed by atoms with Gasteiger partial charge in [-0.3, -0.25) is 4.79 Å². The fourth-order valence-electron chi connectivity index (χ4n) is 3.23. The number of rotatable bonds is 6. The van der Waals surface area contributed by atoms with Gasteiger partial charge >= 0.3 is 0 Å². The van der Waals surface area contributed by atoms with E-state index in [4.69, 9.17) is 0 Å². The van der Waals surface area contributed by atoms with E-state index in [9.17, 15) is 13.6 Å². The van der Waals surface area contributed by atoms with E-state index in [0.29, 0.717) is 10.8 Å². The van der Waals surface area contributed by atoms with E-state index in [1.165, 1.54) is 17.8 Å².